The van der Waals surface area contributed by atoms with Crippen molar-refractivity contribution in [3.05, 3.63) is 64.7 Å². The van der Waals surface area contributed by atoms with E-state index in [1.165, 1.54) is 5.56 Å². The number of halogens is 1. The van der Waals surface area contributed by atoms with Crippen LogP contribution in [0.3, 0.4) is 0 Å². The van der Waals surface area contributed by atoms with Gasteiger partial charge in [0.15, 0.2) is 0 Å². The number of carbonyl (C=O) groups excluding carboxylic acids is 2. The predicted molar refractivity (Wildman–Crippen MR) is 107 cm³/mol. The van der Waals surface area contributed by atoms with Crippen LogP contribution in [0.25, 0.3) is 0 Å². The van der Waals surface area contributed by atoms with Crippen LogP contribution >= 0.6 is 11.6 Å². The molecule has 1 heterocycles. The molecule has 3 rings (SSSR count). The third-order valence-corrected chi connectivity index (χ3v) is 5.22. The van der Waals surface area contributed by atoms with Crippen LogP contribution in [0.4, 0.5) is 5.69 Å². The zero-order valence-electron chi connectivity index (χ0n) is 15.5. The first kappa shape index (κ1) is 19.4. The van der Waals surface area contributed by atoms with Crippen LogP contribution < -0.4 is 4.90 Å². The number of carbonyl (C=O) groups is 2. The fourth-order valence-corrected chi connectivity index (χ4v) is 3.41. The van der Waals surface area contributed by atoms with E-state index >= 15 is 0 Å². The minimum atomic E-state index is -0.445. The van der Waals surface area contributed by atoms with Gasteiger partial charge in [-0.05, 0) is 36.6 Å². The molecule has 1 unspecified atom stereocenters. The second-order valence-corrected chi connectivity index (χ2v) is 7.28. The summed E-state index contributed by atoms with van der Waals surface area (Å²) in [5.74, 6) is -0.846. The maximum atomic E-state index is 12.4. The van der Waals surface area contributed by atoms with Crippen molar-refractivity contribution in [2.75, 3.05) is 11.4 Å². The van der Waals surface area contributed by atoms with Crippen LogP contribution in [0.5, 0.6) is 0 Å². The number of benzene rings is 2. The highest BCUT2D eigenvalue weighted by Crippen LogP contribution is 2.27. The van der Waals surface area contributed by atoms with Gasteiger partial charge in [0.25, 0.3) is 0 Å². The Morgan fingerprint density at radius 2 is 1.93 bits per heavy atom. The summed E-state index contributed by atoms with van der Waals surface area (Å²) < 4.78 is 5.39. The van der Waals surface area contributed by atoms with Crippen molar-refractivity contribution in [3.63, 3.8) is 0 Å². The first-order valence-electron chi connectivity index (χ1n) is 9.38. The number of unbranched alkanes of at least 4 members (excludes halogenated alkanes) is 1. The van der Waals surface area contributed by atoms with E-state index in [1.807, 2.05) is 30.3 Å². The number of amides is 1. The molecule has 1 fully saturated rings. The van der Waals surface area contributed by atoms with Crippen LogP contribution in [0.15, 0.2) is 48.5 Å². The Kier molecular flexibility index (Phi) is 6.51. The lowest BCUT2D eigenvalue weighted by Gasteiger charge is -2.17. The molecule has 0 aromatic heterocycles. The van der Waals surface area contributed by atoms with Crippen LogP contribution in [-0.4, -0.2) is 18.4 Å². The topological polar surface area (TPSA) is 46.6 Å². The van der Waals surface area contributed by atoms with Crippen molar-refractivity contribution in [1.82, 2.24) is 0 Å². The Bertz CT molecular complexity index is 803. The van der Waals surface area contributed by atoms with Gasteiger partial charge in [0, 0.05) is 29.2 Å². The van der Waals surface area contributed by atoms with E-state index in [4.69, 9.17) is 16.3 Å². The summed E-state index contributed by atoms with van der Waals surface area (Å²) in [4.78, 5) is 26.4. The van der Waals surface area contributed by atoms with Crippen molar-refractivity contribution in [3.8, 4) is 0 Å². The average Bonchev–Trinajstić information content (AvgIpc) is 3.07. The van der Waals surface area contributed by atoms with Gasteiger partial charge in [-0.25, -0.2) is 0 Å². The number of nitrogens with zero attached hydrogens (tertiary/aromatic N) is 1. The summed E-state index contributed by atoms with van der Waals surface area (Å²) in [7, 11) is 0. The Labute approximate surface area is 165 Å². The SMILES string of the molecule is CCCCc1ccc(N2CC(C(=O)OCc3ccccc3Cl)CC2=O)cc1. The summed E-state index contributed by atoms with van der Waals surface area (Å²) in [6, 6.07) is 15.3. The number of esters is 1. The monoisotopic (exact) mass is 385 g/mol. The molecule has 0 spiro atoms. The van der Waals surface area contributed by atoms with Gasteiger partial charge < -0.3 is 9.64 Å². The van der Waals surface area contributed by atoms with Crippen LogP contribution in [0.1, 0.15) is 37.3 Å². The number of rotatable bonds is 7. The highest BCUT2D eigenvalue weighted by atomic mass is 35.5. The first-order chi connectivity index (χ1) is 13.1. The van der Waals surface area contributed by atoms with E-state index in [9.17, 15) is 9.59 Å². The van der Waals surface area contributed by atoms with Gasteiger partial charge in [-0.1, -0.05) is 55.3 Å². The standard InChI is InChI=1S/C22H24ClNO3/c1-2-3-6-16-9-11-19(12-10-16)24-14-18(13-21(24)25)22(26)27-15-17-7-4-5-8-20(17)23/h4-5,7-12,18H,2-3,6,13-15H2,1H3. The lowest BCUT2D eigenvalue weighted by molar-refractivity contribution is -0.149. The maximum absolute atomic E-state index is 12.4. The van der Waals surface area contributed by atoms with Crippen molar-refractivity contribution in [1.29, 1.82) is 0 Å². The quantitative estimate of drug-likeness (QED) is 0.644. The zero-order valence-corrected chi connectivity index (χ0v) is 16.2. The molecule has 1 saturated heterocycles. The molecular weight excluding hydrogens is 362 g/mol. The first-order valence-corrected chi connectivity index (χ1v) is 9.75. The van der Waals surface area contributed by atoms with Gasteiger partial charge in [0.2, 0.25) is 5.91 Å². The molecule has 5 heteroatoms. The highest BCUT2D eigenvalue weighted by Gasteiger charge is 2.36. The number of aryl methyl sites for hydroxylation is 1. The molecule has 0 saturated carbocycles. The summed E-state index contributed by atoms with van der Waals surface area (Å²) in [6.45, 7) is 2.64. The molecular formula is C22H24ClNO3. The van der Waals surface area contributed by atoms with E-state index < -0.39 is 5.92 Å². The van der Waals surface area contributed by atoms with Gasteiger partial charge in [0.05, 0.1) is 5.92 Å². The Balaban J connectivity index is 1.58. The molecule has 1 atom stereocenters. The summed E-state index contributed by atoms with van der Waals surface area (Å²) >= 11 is 6.08. The molecule has 2 aromatic carbocycles. The Morgan fingerprint density at radius 3 is 2.63 bits per heavy atom. The zero-order chi connectivity index (χ0) is 19.2. The molecule has 0 N–H and O–H groups in total. The maximum Gasteiger partial charge on any atom is 0.311 e. The summed E-state index contributed by atoms with van der Waals surface area (Å²) in [5, 5.41) is 0.567. The third-order valence-electron chi connectivity index (χ3n) is 4.85. The van der Waals surface area contributed by atoms with Crippen molar-refractivity contribution < 1.29 is 14.3 Å². The normalized spacial score (nSPS) is 16.6. The van der Waals surface area contributed by atoms with Gasteiger partial charge in [-0.3, -0.25) is 9.59 Å². The molecule has 27 heavy (non-hydrogen) atoms. The van der Waals surface area contributed by atoms with Crippen LogP contribution in [-0.2, 0) is 27.4 Å². The lowest BCUT2D eigenvalue weighted by Crippen LogP contribution is -2.26. The molecule has 0 bridgehead atoms. The molecule has 142 valence electrons. The summed E-state index contributed by atoms with van der Waals surface area (Å²) in [6.07, 6.45) is 3.53. The van der Waals surface area contributed by atoms with E-state index in [-0.39, 0.29) is 24.9 Å². The van der Waals surface area contributed by atoms with Crippen molar-refractivity contribution in [2.45, 2.75) is 39.2 Å². The summed E-state index contributed by atoms with van der Waals surface area (Å²) in [5.41, 5.74) is 2.86. The number of ether oxygens (including phenoxy) is 1. The lowest BCUT2D eigenvalue weighted by atomic mass is 10.1. The predicted octanol–water partition coefficient (Wildman–Crippen LogP) is 4.78. The second-order valence-electron chi connectivity index (χ2n) is 6.87. The Hall–Kier alpha value is -2.33. The molecule has 1 aliphatic heterocycles. The van der Waals surface area contributed by atoms with Gasteiger partial charge >= 0.3 is 5.97 Å². The number of anilines is 1. The molecule has 1 aliphatic rings. The average molecular weight is 386 g/mol. The van der Waals surface area contributed by atoms with Crippen LogP contribution in [0, 0.1) is 5.92 Å². The molecule has 2 aromatic rings. The van der Waals surface area contributed by atoms with Gasteiger partial charge in [-0.2, -0.15) is 0 Å². The van der Waals surface area contributed by atoms with Gasteiger partial charge in [-0.15, -0.1) is 0 Å². The third kappa shape index (κ3) is 4.89. The van der Waals surface area contributed by atoms with Gasteiger partial charge in [0.1, 0.15) is 6.61 Å². The molecule has 1 amide bonds. The van der Waals surface area contributed by atoms with Crippen molar-refractivity contribution in [2.24, 2.45) is 5.92 Å². The molecule has 0 aliphatic carbocycles. The minimum absolute atomic E-state index is 0.0454. The fraction of sp³-hybridized carbons (Fsp3) is 0.364. The minimum Gasteiger partial charge on any atom is -0.460 e. The largest absolute Gasteiger partial charge is 0.460 e. The molecule has 4 nitrogen and oxygen atoms in total. The molecule has 0 radical (unpaired) electrons. The highest BCUT2D eigenvalue weighted by molar-refractivity contribution is 6.31. The van der Waals surface area contributed by atoms with Crippen LogP contribution in [0.2, 0.25) is 5.02 Å². The second kappa shape index (κ2) is 9.05. The fourth-order valence-electron chi connectivity index (χ4n) is 3.22. The smallest absolute Gasteiger partial charge is 0.311 e. The number of hydrogen-bond acceptors (Lipinski definition) is 3. The Morgan fingerprint density at radius 1 is 1.19 bits per heavy atom. The number of hydrogen-bond donors (Lipinski definition) is 0. The van der Waals surface area contributed by atoms with E-state index in [2.05, 4.69) is 19.1 Å². The van der Waals surface area contributed by atoms with E-state index in [0.29, 0.717) is 11.6 Å². The van der Waals surface area contributed by atoms with E-state index in [1.54, 1.807) is 11.0 Å². The van der Waals surface area contributed by atoms with E-state index in [0.717, 1.165) is 30.5 Å². The van der Waals surface area contributed by atoms with Crippen molar-refractivity contribution >= 4 is 29.2 Å².